The van der Waals surface area contributed by atoms with Crippen molar-refractivity contribution in [1.82, 2.24) is 4.90 Å². The Morgan fingerprint density at radius 3 is 2.80 bits per heavy atom. The quantitative estimate of drug-likeness (QED) is 0.679. The first-order valence-corrected chi connectivity index (χ1v) is 5.65. The van der Waals surface area contributed by atoms with Crippen LogP contribution in [0.4, 0.5) is 0 Å². The summed E-state index contributed by atoms with van der Waals surface area (Å²) in [5, 5.41) is 8.50. The molecule has 0 amide bonds. The fraction of sp³-hybridized carbons (Fsp3) is 0.909. The van der Waals surface area contributed by atoms with Gasteiger partial charge in [-0.25, -0.2) is 0 Å². The standard InChI is InChI=1S/C11H21NO3/c1-9-10(6-8-15-9)12(2)7-4-3-5-11(13)14/h9-10H,3-8H2,1-2H3,(H,13,14). The molecule has 1 aliphatic heterocycles. The molecule has 0 radical (unpaired) electrons. The molecule has 1 heterocycles. The van der Waals surface area contributed by atoms with Gasteiger partial charge in [0.05, 0.1) is 6.10 Å². The highest BCUT2D eigenvalue weighted by molar-refractivity contribution is 5.66. The maximum absolute atomic E-state index is 10.3. The molecular formula is C11H21NO3. The van der Waals surface area contributed by atoms with Gasteiger partial charge in [0, 0.05) is 19.1 Å². The lowest BCUT2D eigenvalue weighted by molar-refractivity contribution is -0.137. The minimum Gasteiger partial charge on any atom is -0.481 e. The van der Waals surface area contributed by atoms with Crippen LogP contribution in [0.15, 0.2) is 0 Å². The Bertz CT molecular complexity index is 208. The van der Waals surface area contributed by atoms with E-state index >= 15 is 0 Å². The molecule has 1 N–H and O–H groups in total. The molecule has 0 aromatic carbocycles. The van der Waals surface area contributed by atoms with Gasteiger partial charge in [-0.15, -0.1) is 0 Å². The van der Waals surface area contributed by atoms with Crippen LogP contribution in [0.25, 0.3) is 0 Å². The van der Waals surface area contributed by atoms with Crippen LogP contribution in [0.3, 0.4) is 0 Å². The zero-order valence-electron chi connectivity index (χ0n) is 9.61. The van der Waals surface area contributed by atoms with Gasteiger partial charge >= 0.3 is 5.97 Å². The number of aliphatic carboxylic acids is 1. The molecule has 1 saturated heterocycles. The van der Waals surface area contributed by atoms with Gasteiger partial charge in [0.2, 0.25) is 0 Å². The molecule has 2 atom stereocenters. The van der Waals surface area contributed by atoms with Crippen molar-refractivity contribution in [2.24, 2.45) is 0 Å². The van der Waals surface area contributed by atoms with Gasteiger partial charge in [0.25, 0.3) is 0 Å². The Morgan fingerprint density at radius 2 is 2.27 bits per heavy atom. The average Bonchev–Trinajstić information content (AvgIpc) is 2.58. The predicted molar refractivity (Wildman–Crippen MR) is 57.9 cm³/mol. The molecule has 4 nitrogen and oxygen atoms in total. The van der Waals surface area contributed by atoms with E-state index in [0.29, 0.717) is 12.1 Å². The monoisotopic (exact) mass is 215 g/mol. The normalized spacial score (nSPS) is 26.1. The summed E-state index contributed by atoms with van der Waals surface area (Å²) in [6, 6.07) is 0.509. The third kappa shape index (κ3) is 4.18. The Morgan fingerprint density at radius 1 is 1.53 bits per heavy atom. The van der Waals surface area contributed by atoms with Crippen LogP contribution in [-0.4, -0.2) is 48.3 Å². The molecule has 4 heteroatoms. The molecule has 15 heavy (non-hydrogen) atoms. The second-order valence-electron chi connectivity index (χ2n) is 4.26. The average molecular weight is 215 g/mol. The van der Waals surface area contributed by atoms with Crippen LogP contribution in [0.2, 0.25) is 0 Å². The van der Waals surface area contributed by atoms with Crippen molar-refractivity contribution in [3.8, 4) is 0 Å². The smallest absolute Gasteiger partial charge is 0.303 e. The molecule has 0 aromatic heterocycles. The lowest BCUT2D eigenvalue weighted by Crippen LogP contribution is -2.37. The van der Waals surface area contributed by atoms with Crippen molar-refractivity contribution in [2.45, 2.75) is 44.8 Å². The number of likely N-dealkylation sites (N-methyl/N-ethyl adjacent to an activating group) is 1. The fourth-order valence-electron chi connectivity index (χ4n) is 2.10. The first-order valence-electron chi connectivity index (χ1n) is 5.65. The van der Waals surface area contributed by atoms with Gasteiger partial charge < -0.3 is 14.7 Å². The lowest BCUT2D eigenvalue weighted by atomic mass is 10.1. The number of carboxylic acid groups (broad SMARTS) is 1. The molecule has 0 saturated carbocycles. The van der Waals surface area contributed by atoms with E-state index in [1.54, 1.807) is 0 Å². The van der Waals surface area contributed by atoms with E-state index in [4.69, 9.17) is 9.84 Å². The minimum atomic E-state index is -0.699. The van der Waals surface area contributed by atoms with Crippen molar-refractivity contribution in [3.05, 3.63) is 0 Å². The van der Waals surface area contributed by atoms with Gasteiger partial charge in [-0.3, -0.25) is 4.79 Å². The molecule has 1 rings (SSSR count). The highest BCUT2D eigenvalue weighted by Crippen LogP contribution is 2.18. The highest BCUT2D eigenvalue weighted by Gasteiger charge is 2.27. The van der Waals surface area contributed by atoms with Gasteiger partial charge in [-0.05, 0) is 39.8 Å². The first-order chi connectivity index (χ1) is 7.11. The number of hydrogen-bond acceptors (Lipinski definition) is 3. The maximum atomic E-state index is 10.3. The summed E-state index contributed by atoms with van der Waals surface area (Å²) in [5.74, 6) is -0.699. The van der Waals surface area contributed by atoms with E-state index in [1.807, 2.05) is 0 Å². The van der Waals surface area contributed by atoms with E-state index in [2.05, 4.69) is 18.9 Å². The number of rotatable bonds is 6. The highest BCUT2D eigenvalue weighted by atomic mass is 16.5. The van der Waals surface area contributed by atoms with Crippen molar-refractivity contribution < 1.29 is 14.6 Å². The summed E-state index contributed by atoms with van der Waals surface area (Å²) in [6.07, 6.45) is 3.41. The molecular weight excluding hydrogens is 194 g/mol. The van der Waals surface area contributed by atoms with E-state index in [9.17, 15) is 4.79 Å². The van der Waals surface area contributed by atoms with Crippen molar-refractivity contribution in [3.63, 3.8) is 0 Å². The van der Waals surface area contributed by atoms with E-state index in [1.165, 1.54) is 0 Å². The Kier molecular flexibility index (Phi) is 5.05. The zero-order valence-corrected chi connectivity index (χ0v) is 9.61. The molecule has 88 valence electrons. The largest absolute Gasteiger partial charge is 0.481 e. The Labute approximate surface area is 91.2 Å². The summed E-state index contributed by atoms with van der Waals surface area (Å²) in [5.41, 5.74) is 0. The number of carboxylic acids is 1. The van der Waals surface area contributed by atoms with E-state index < -0.39 is 5.97 Å². The van der Waals surface area contributed by atoms with Crippen molar-refractivity contribution >= 4 is 5.97 Å². The topological polar surface area (TPSA) is 49.8 Å². The lowest BCUT2D eigenvalue weighted by Gasteiger charge is -2.26. The molecule has 2 unspecified atom stereocenters. The van der Waals surface area contributed by atoms with Crippen molar-refractivity contribution in [1.29, 1.82) is 0 Å². The molecule has 0 bridgehead atoms. The third-order valence-corrected chi connectivity index (χ3v) is 3.05. The molecule has 0 aromatic rings. The van der Waals surface area contributed by atoms with Crippen LogP contribution in [0.5, 0.6) is 0 Å². The first kappa shape index (κ1) is 12.5. The van der Waals surface area contributed by atoms with E-state index in [-0.39, 0.29) is 6.42 Å². The number of nitrogens with zero attached hydrogens (tertiary/aromatic N) is 1. The molecule has 0 aliphatic carbocycles. The number of carbonyl (C=O) groups is 1. The summed E-state index contributed by atoms with van der Waals surface area (Å²) in [4.78, 5) is 12.6. The Balaban J connectivity index is 2.12. The fourth-order valence-corrected chi connectivity index (χ4v) is 2.10. The van der Waals surface area contributed by atoms with Gasteiger partial charge in [0.15, 0.2) is 0 Å². The summed E-state index contributed by atoms with van der Waals surface area (Å²) in [7, 11) is 2.09. The number of hydrogen-bond donors (Lipinski definition) is 1. The second-order valence-corrected chi connectivity index (χ2v) is 4.26. The summed E-state index contributed by atoms with van der Waals surface area (Å²) >= 11 is 0. The van der Waals surface area contributed by atoms with Crippen LogP contribution < -0.4 is 0 Å². The summed E-state index contributed by atoms with van der Waals surface area (Å²) in [6.45, 7) is 3.92. The number of unbranched alkanes of at least 4 members (excludes halogenated alkanes) is 1. The predicted octanol–water partition coefficient (Wildman–Crippen LogP) is 1.35. The Hall–Kier alpha value is -0.610. The van der Waals surface area contributed by atoms with Crippen molar-refractivity contribution in [2.75, 3.05) is 20.2 Å². The van der Waals surface area contributed by atoms with Crippen LogP contribution in [0, 0.1) is 0 Å². The number of ether oxygens (including phenoxy) is 1. The molecule has 1 fully saturated rings. The van der Waals surface area contributed by atoms with E-state index in [0.717, 1.165) is 32.4 Å². The zero-order chi connectivity index (χ0) is 11.3. The van der Waals surface area contributed by atoms with Crippen LogP contribution in [-0.2, 0) is 9.53 Å². The van der Waals surface area contributed by atoms with Crippen LogP contribution >= 0.6 is 0 Å². The van der Waals surface area contributed by atoms with Gasteiger partial charge in [-0.1, -0.05) is 0 Å². The second kappa shape index (κ2) is 6.08. The minimum absolute atomic E-state index is 0.282. The maximum Gasteiger partial charge on any atom is 0.303 e. The third-order valence-electron chi connectivity index (χ3n) is 3.05. The SMILES string of the molecule is CC1OCCC1N(C)CCCCC(=O)O. The van der Waals surface area contributed by atoms with Crippen LogP contribution in [0.1, 0.15) is 32.6 Å². The van der Waals surface area contributed by atoms with Gasteiger partial charge in [-0.2, -0.15) is 0 Å². The molecule has 0 spiro atoms. The van der Waals surface area contributed by atoms with Gasteiger partial charge in [0.1, 0.15) is 0 Å². The molecule has 1 aliphatic rings. The summed E-state index contributed by atoms with van der Waals surface area (Å²) < 4.78 is 5.50.